The lowest BCUT2D eigenvalue weighted by molar-refractivity contribution is 0.659. The van der Waals surface area contributed by atoms with E-state index in [2.05, 4.69) is 52.9 Å². The number of rotatable bonds is 5. The van der Waals surface area contributed by atoms with Gasteiger partial charge in [0, 0.05) is 31.9 Å². The molecule has 4 nitrogen and oxygen atoms in total. The standard InChI is InChI=1S/C18H24N4/c1-15(2)22(14-16-8-4-3-5-9-16)18-19-11-10-17(20-18)21-12-6-7-13-21/h3-5,8-11,15H,6-7,12-14H2,1-2H3. The highest BCUT2D eigenvalue weighted by Gasteiger charge is 2.18. The zero-order valence-electron chi connectivity index (χ0n) is 13.4. The van der Waals surface area contributed by atoms with Gasteiger partial charge in [0.15, 0.2) is 0 Å². The molecule has 1 fully saturated rings. The molecule has 0 N–H and O–H groups in total. The van der Waals surface area contributed by atoms with Crippen LogP contribution in [0.2, 0.25) is 0 Å². The Labute approximate surface area is 132 Å². The lowest BCUT2D eigenvalue weighted by Crippen LogP contribution is -2.32. The Morgan fingerprint density at radius 1 is 1.09 bits per heavy atom. The Bertz CT molecular complexity index is 591. The molecule has 0 spiro atoms. The highest BCUT2D eigenvalue weighted by Crippen LogP contribution is 2.21. The Balaban J connectivity index is 1.83. The zero-order chi connectivity index (χ0) is 15.4. The second-order valence-electron chi connectivity index (χ2n) is 6.12. The highest BCUT2D eigenvalue weighted by atomic mass is 15.3. The predicted molar refractivity (Wildman–Crippen MR) is 91.2 cm³/mol. The lowest BCUT2D eigenvalue weighted by atomic mass is 10.2. The Kier molecular flexibility index (Phi) is 4.56. The van der Waals surface area contributed by atoms with Gasteiger partial charge in [-0.05, 0) is 38.3 Å². The molecule has 0 unspecified atom stereocenters. The molecule has 3 rings (SSSR count). The molecular weight excluding hydrogens is 272 g/mol. The van der Waals surface area contributed by atoms with Crippen LogP contribution >= 0.6 is 0 Å². The molecule has 0 radical (unpaired) electrons. The second kappa shape index (κ2) is 6.77. The van der Waals surface area contributed by atoms with Crippen LogP contribution in [-0.2, 0) is 6.54 Å². The summed E-state index contributed by atoms with van der Waals surface area (Å²) in [5, 5.41) is 0. The molecule has 2 aromatic rings. The molecule has 1 aromatic heterocycles. The lowest BCUT2D eigenvalue weighted by Gasteiger charge is -2.28. The van der Waals surface area contributed by atoms with Crippen molar-refractivity contribution in [1.29, 1.82) is 0 Å². The number of benzene rings is 1. The van der Waals surface area contributed by atoms with Crippen molar-refractivity contribution in [2.45, 2.75) is 39.3 Å². The summed E-state index contributed by atoms with van der Waals surface area (Å²) in [6.45, 7) is 7.43. The first kappa shape index (κ1) is 14.8. The summed E-state index contributed by atoms with van der Waals surface area (Å²) in [5.41, 5.74) is 1.28. The van der Waals surface area contributed by atoms with Crippen molar-refractivity contribution in [3.8, 4) is 0 Å². The maximum absolute atomic E-state index is 4.81. The van der Waals surface area contributed by atoms with Gasteiger partial charge in [-0.25, -0.2) is 4.98 Å². The molecule has 2 heterocycles. The summed E-state index contributed by atoms with van der Waals surface area (Å²) < 4.78 is 0. The monoisotopic (exact) mass is 296 g/mol. The van der Waals surface area contributed by atoms with E-state index in [1.807, 2.05) is 18.3 Å². The van der Waals surface area contributed by atoms with Gasteiger partial charge in [0.25, 0.3) is 0 Å². The van der Waals surface area contributed by atoms with Crippen LogP contribution in [0.3, 0.4) is 0 Å². The second-order valence-corrected chi connectivity index (χ2v) is 6.12. The number of hydrogen-bond donors (Lipinski definition) is 0. The van der Waals surface area contributed by atoms with E-state index in [0.29, 0.717) is 6.04 Å². The van der Waals surface area contributed by atoms with Gasteiger partial charge < -0.3 is 9.80 Å². The maximum atomic E-state index is 4.81. The molecule has 116 valence electrons. The van der Waals surface area contributed by atoms with Crippen molar-refractivity contribution in [1.82, 2.24) is 9.97 Å². The van der Waals surface area contributed by atoms with Gasteiger partial charge >= 0.3 is 0 Å². The molecule has 0 amide bonds. The van der Waals surface area contributed by atoms with E-state index in [4.69, 9.17) is 4.98 Å². The van der Waals surface area contributed by atoms with Gasteiger partial charge in [-0.2, -0.15) is 4.98 Å². The number of anilines is 2. The molecule has 22 heavy (non-hydrogen) atoms. The minimum atomic E-state index is 0.356. The average molecular weight is 296 g/mol. The number of hydrogen-bond acceptors (Lipinski definition) is 4. The van der Waals surface area contributed by atoms with E-state index in [1.165, 1.54) is 18.4 Å². The molecule has 0 bridgehead atoms. The van der Waals surface area contributed by atoms with Crippen LogP contribution in [0, 0.1) is 0 Å². The molecule has 4 heteroatoms. The molecule has 1 aromatic carbocycles. The van der Waals surface area contributed by atoms with Crippen LogP contribution in [0.4, 0.5) is 11.8 Å². The molecular formula is C18H24N4. The van der Waals surface area contributed by atoms with Gasteiger partial charge in [0.1, 0.15) is 5.82 Å². The summed E-state index contributed by atoms with van der Waals surface area (Å²) in [6.07, 6.45) is 4.41. The fourth-order valence-electron chi connectivity index (χ4n) is 2.86. The van der Waals surface area contributed by atoms with Gasteiger partial charge in [0.2, 0.25) is 5.95 Å². The fraction of sp³-hybridized carbons (Fsp3) is 0.444. The molecule has 0 atom stereocenters. The van der Waals surface area contributed by atoms with E-state index in [0.717, 1.165) is 31.4 Å². The van der Waals surface area contributed by atoms with E-state index in [1.54, 1.807) is 0 Å². The van der Waals surface area contributed by atoms with Crippen molar-refractivity contribution in [3.63, 3.8) is 0 Å². The third-order valence-electron chi connectivity index (χ3n) is 4.13. The quantitative estimate of drug-likeness (QED) is 0.845. The van der Waals surface area contributed by atoms with Gasteiger partial charge in [-0.1, -0.05) is 30.3 Å². The summed E-state index contributed by atoms with van der Waals surface area (Å²) in [5.74, 6) is 1.88. The van der Waals surface area contributed by atoms with Crippen LogP contribution in [0.25, 0.3) is 0 Å². The Morgan fingerprint density at radius 3 is 2.50 bits per heavy atom. The minimum Gasteiger partial charge on any atom is -0.356 e. The third-order valence-corrected chi connectivity index (χ3v) is 4.13. The summed E-state index contributed by atoms with van der Waals surface area (Å²) >= 11 is 0. The summed E-state index contributed by atoms with van der Waals surface area (Å²) in [4.78, 5) is 13.9. The van der Waals surface area contributed by atoms with Crippen LogP contribution < -0.4 is 9.80 Å². The van der Waals surface area contributed by atoms with E-state index in [9.17, 15) is 0 Å². The molecule has 1 aliphatic rings. The average Bonchev–Trinajstić information content (AvgIpc) is 3.08. The minimum absolute atomic E-state index is 0.356. The van der Waals surface area contributed by atoms with Gasteiger partial charge in [-0.3, -0.25) is 0 Å². The Morgan fingerprint density at radius 2 is 1.82 bits per heavy atom. The first-order valence-electron chi connectivity index (χ1n) is 8.12. The first-order valence-corrected chi connectivity index (χ1v) is 8.12. The molecule has 0 aliphatic carbocycles. The normalized spacial score (nSPS) is 14.6. The molecule has 0 saturated carbocycles. The number of nitrogens with zero attached hydrogens (tertiary/aromatic N) is 4. The predicted octanol–water partition coefficient (Wildman–Crippen LogP) is 3.49. The van der Waals surface area contributed by atoms with E-state index in [-0.39, 0.29) is 0 Å². The Hall–Kier alpha value is -2.10. The van der Waals surface area contributed by atoms with Crippen molar-refractivity contribution in [2.24, 2.45) is 0 Å². The van der Waals surface area contributed by atoms with E-state index >= 15 is 0 Å². The topological polar surface area (TPSA) is 32.3 Å². The maximum Gasteiger partial charge on any atom is 0.227 e. The number of aromatic nitrogens is 2. The molecule has 1 saturated heterocycles. The SMILES string of the molecule is CC(C)N(Cc1ccccc1)c1nccc(N2CCCC2)n1. The third kappa shape index (κ3) is 3.38. The van der Waals surface area contributed by atoms with Gasteiger partial charge in [0.05, 0.1) is 0 Å². The van der Waals surface area contributed by atoms with Crippen molar-refractivity contribution in [2.75, 3.05) is 22.9 Å². The van der Waals surface area contributed by atoms with Crippen LogP contribution in [0.1, 0.15) is 32.3 Å². The van der Waals surface area contributed by atoms with Crippen molar-refractivity contribution in [3.05, 3.63) is 48.2 Å². The van der Waals surface area contributed by atoms with Crippen LogP contribution in [-0.4, -0.2) is 29.1 Å². The molecule has 1 aliphatic heterocycles. The first-order chi connectivity index (χ1) is 10.7. The van der Waals surface area contributed by atoms with E-state index < -0.39 is 0 Å². The largest absolute Gasteiger partial charge is 0.356 e. The zero-order valence-corrected chi connectivity index (χ0v) is 13.4. The summed E-state index contributed by atoms with van der Waals surface area (Å²) in [7, 11) is 0. The summed E-state index contributed by atoms with van der Waals surface area (Å²) in [6, 6.07) is 12.9. The highest BCUT2D eigenvalue weighted by molar-refractivity contribution is 5.45. The van der Waals surface area contributed by atoms with Crippen molar-refractivity contribution < 1.29 is 0 Å². The van der Waals surface area contributed by atoms with Crippen molar-refractivity contribution >= 4 is 11.8 Å². The van der Waals surface area contributed by atoms with Gasteiger partial charge in [-0.15, -0.1) is 0 Å². The smallest absolute Gasteiger partial charge is 0.227 e. The van der Waals surface area contributed by atoms with Crippen LogP contribution in [0.15, 0.2) is 42.6 Å². The van der Waals surface area contributed by atoms with Crippen LogP contribution in [0.5, 0.6) is 0 Å². The fourth-order valence-corrected chi connectivity index (χ4v) is 2.86.